The number of carbonyl (C=O) groups is 2. The summed E-state index contributed by atoms with van der Waals surface area (Å²) in [6.07, 6.45) is 0.940. The quantitative estimate of drug-likeness (QED) is 0.787. The minimum atomic E-state index is -0.955. The van der Waals surface area contributed by atoms with Crippen LogP contribution in [0.2, 0.25) is 0 Å². The van der Waals surface area contributed by atoms with Crippen molar-refractivity contribution in [1.29, 1.82) is 0 Å². The number of carboxylic acid groups (broad SMARTS) is 1. The second kappa shape index (κ2) is 9.19. The summed E-state index contributed by atoms with van der Waals surface area (Å²) in [4.78, 5) is 25.0. The summed E-state index contributed by atoms with van der Waals surface area (Å²) in [6, 6.07) is 16.5. The highest BCUT2D eigenvalue weighted by atomic mass is 16.5. The molecule has 6 heteroatoms. The maximum absolute atomic E-state index is 12.3. The number of carboxylic acids is 1. The Balaban J connectivity index is 1.37. The summed E-state index contributed by atoms with van der Waals surface area (Å²) < 4.78 is 5.79. The van der Waals surface area contributed by atoms with E-state index in [1.54, 1.807) is 24.3 Å². The van der Waals surface area contributed by atoms with E-state index < -0.39 is 5.97 Å². The molecular formula is C21H24N2O4. The molecule has 0 bridgehead atoms. The molecule has 1 saturated heterocycles. The summed E-state index contributed by atoms with van der Waals surface area (Å²) in [6.45, 7) is 3.04. The summed E-state index contributed by atoms with van der Waals surface area (Å²) in [5, 5.41) is 11.8. The van der Waals surface area contributed by atoms with Crippen molar-refractivity contribution in [2.75, 3.05) is 19.7 Å². The Hall–Kier alpha value is -2.86. The first kappa shape index (κ1) is 18.9. The van der Waals surface area contributed by atoms with E-state index >= 15 is 0 Å². The number of hydrogen-bond acceptors (Lipinski definition) is 3. The van der Waals surface area contributed by atoms with E-state index in [9.17, 15) is 9.59 Å². The molecule has 3 rings (SSSR count). The van der Waals surface area contributed by atoms with Gasteiger partial charge in [0.15, 0.2) is 0 Å². The van der Waals surface area contributed by atoms with Crippen LogP contribution in [-0.4, -0.2) is 41.7 Å². The van der Waals surface area contributed by atoms with E-state index in [0.717, 1.165) is 24.1 Å². The van der Waals surface area contributed by atoms with Crippen LogP contribution in [0, 0.1) is 5.92 Å². The Bertz CT molecular complexity index is 762. The van der Waals surface area contributed by atoms with Gasteiger partial charge in [-0.1, -0.05) is 42.5 Å². The Kier molecular flexibility index (Phi) is 6.44. The predicted octanol–water partition coefficient (Wildman–Crippen LogP) is 3.13. The van der Waals surface area contributed by atoms with Crippen molar-refractivity contribution >= 4 is 12.0 Å². The first-order valence-electron chi connectivity index (χ1n) is 9.08. The molecule has 0 saturated carbocycles. The maximum atomic E-state index is 12.3. The Labute approximate surface area is 158 Å². The average molecular weight is 368 g/mol. The van der Waals surface area contributed by atoms with Gasteiger partial charge in [0.1, 0.15) is 0 Å². The Morgan fingerprint density at radius 1 is 1.07 bits per heavy atom. The van der Waals surface area contributed by atoms with Crippen molar-refractivity contribution in [2.24, 2.45) is 5.92 Å². The number of rotatable bonds is 7. The number of nitrogens with one attached hydrogen (secondary N) is 1. The fourth-order valence-corrected chi connectivity index (χ4v) is 3.13. The molecule has 142 valence electrons. The number of benzene rings is 2. The number of aromatic carboxylic acids is 1. The van der Waals surface area contributed by atoms with Crippen LogP contribution in [0.3, 0.4) is 0 Å². The van der Waals surface area contributed by atoms with Gasteiger partial charge >= 0.3 is 12.0 Å². The molecule has 1 aliphatic rings. The van der Waals surface area contributed by atoms with Gasteiger partial charge in [-0.3, -0.25) is 0 Å². The van der Waals surface area contributed by atoms with Crippen molar-refractivity contribution in [3.8, 4) is 0 Å². The van der Waals surface area contributed by atoms with Gasteiger partial charge in [-0.15, -0.1) is 0 Å². The molecule has 2 amide bonds. The Morgan fingerprint density at radius 2 is 1.81 bits per heavy atom. The third-order valence-corrected chi connectivity index (χ3v) is 4.68. The van der Waals surface area contributed by atoms with Crippen molar-refractivity contribution in [1.82, 2.24) is 10.2 Å². The number of amides is 2. The normalized spacial score (nSPS) is 16.3. The molecule has 0 radical (unpaired) electrons. The molecular weight excluding hydrogens is 344 g/mol. The molecule has 0 spiro atoms. The van der Waals surface area contributed by atoms with Crippen LogP contribution in [0.1, 0.15) is 27.9 Å². The lowest BCUT2D eigenvalue weighted by molar-refractivity contribution is 0.0696. The Morgan fingerprint density at radius 3 is 2.52 bits per heavy atom. The van der Waals surface area contributed by atoms with E-state index in [-0.39, 0.29) is 11.6 Å². The molecule has 1 atom stereocenters. The lowest BCUT2D eigenvalue weighted by atomic mass is 10.1. The van der Waals surface area contributed by atoms with Gasteiger partial charge in [0.2, 0.25) is 0 Å². The van der Waals surface area contributed by atoms with Gasteiger partial charge < -0.3 is 20.1 Å². The highest BCUT2D eigenvalue weighted by molar-refractivity contribution is 5.87. The first-order valence-corrected chi connectivity index (χ1v) is 9.08. The lowest BCUT2D eigenvalue weighted by Crippen LogP contribution is -2.38. The number of nitrogens with zero attached hydrogens (tertiary/aromatic N) is 1. The first-order chi connectivity index (χ1) is 13.1. The monoisotopic (exact) mass is 368 g/mol. The van der Waals surface area contributed by atoms with Crippen molar-refractivity contribution in [3.63, 3.8) is 0 Å². The smallest absolute Gasteiger partial charge is 0.335 e. The number of ether oxygens (including phenoxy) is 1. The van der Waals surface area contributed by atoms with Crippen LogP contribution in [0.4, 0.5) is 4.79 Å². The molecule has 1 fully saturated rings. The topological polar surface area (TPSA) is 78.9 Å². The molecule has 1 heterocycles. The van der Waals surface area contributed by atoms with E-state index in [1.165, 1.54) is 0 Å². The van der Waals surface area contributed by atoms with E-state index in [0.29, 0.717) is 32.2 Å². The molecule has 0 aliphatic carbocycles. The second-order valence-electron chi connectivity index (χ2n) is 6.76. The van der Waals surface area contributed by atoms with Gasteiger partial charge in [-0.05, 0) is 29.7 Å². The summed E-state index contributed by atoms with van der Waals surface area (Å²) in [5.74, 6) is -0.600. The highest BCUT2D eigenvalue weighted by Gasteiger charge is 2.26. The third-order valence-electron chi connectivity index (χ3n) is 4.68. The third kappa shape index (κ3) is 5.56. The van der Waals surface area contributed by atoms with Gasteiger partial charge in [-0.25, -0.2) is 9.59 Å². The van der Waals surface area contributed by atoms with Crippen LogP contribution < -0.4 is 5.32 Å². The van der Waals surface area contributed by atoms with Crippen LogP contribution >= 0.6 is 0 Å². The van der Waals surface area contributed by atoms with Gasteiger partial charge in [0, 0.05) is 25.6 Å². The standard InChI is InChI=1S/C21H24N2O4/c24-20(25)19-8-6-16(7-9-19)12-22-21(26)23-11-10-18(13-23)15-27-14-17-4-2-1-3-5-17/h1-9,18H,10-15H2,(H,22,26)(H,24,25). The van der Waals surface area contributed by atoms with Crippen molar-refractivity contribution < 1.29 is 19.4 Å². The van der Waals surface area contributed by atoms with Crippen molar-refractivity contribution in [3.05, 3.63) is 71.3 Å². The summed E-state index contributed by atoms with van der Waals surface area (Å²) >= 11 is 0. The van der Waals surface area contributed by atoms with Crippen LogP contribution in [0.5, 0.6) is 0 Å². The lowest BCUT2D eigenvalue weighted by Gasteiger charge is -2.17. The zero-order valence-electron chi connectivity index (χ0n) is 15.1. The molecule has 6 nitrogen and oxygen atoms in total. The molecule has 1 unspecified atom stereocenters. The van der Waals surface area contributed by atoms with E-state index in [4.69, 9.17) is 9.84 Å². The van der Waals surface area contributed by atoms with Gasteiger partial charge in [-0.2, -0.15) is 0 Å². The van der Waals surface area contributed by atoms with Crippen molar-refractivity contribution in [2.45, 2.75) is 19.6 Å². The number of carbonyl (C=O) groups excluding carboxylic acids is 1. The van der Waals surface area contributed by atoms with E-state index in [2.05, 4.69) is 5.32 Å². The zero-order valence-corrected chi connectivity index (χ0v) is 15.1. The molecule has 1 aliphatic heterocycles. The zero-order chi connectivity index (χ0) is 19.1. The van der Waals surface area contributed by atoms with Crippen LogP contribution in [-0.2, 0) is 17.9 Å². The molecule has 2 aromatic carbocycles. The fraction of sp³-hybridized carbons (Fsp3) is 0.333. The molecule has 2 aromatic rings. The number of urea groups is 1. The molecule has 27 heavy (non-hydrogen) atoms. The highest BCUT2D eigenvalue weighted by Crippen LogP contribution is 2.17. The predicted molar refractivity (Wildman–Crippen MR) is 101 cm³/mol. The van der Waals surface area contributed by atoms with Gasteiger partial charge in [0.25, 0.3) is 0 Å². The average Bonchev–Trinajstić information content (AvgIpc) is 3.16. The summed E-state index contributed by atoms with van der Waals surface area (Å²) in [7, 11) is 0. The largest absolute Gasteiger partial charge is 0.478 e. The fourth-order valence-electron chi connectivity index (χ4n) is 3.13. The maximum Gasteiger partial charge on any atom is 0.335 e. The van der Waals surface area contributed by atoms with Crippen LogP contribution in [0.15, 0.2) is 54.6 Å². The van der Waals surface area contributed by atoms with E-state index in [1.807, 2.05) is 35.2 Å². The number of likely N-dealkylation sites (tertiary alicyclic amines) is 1. The summed E-state index contributed by atoms with van der Waals surface area (Å²) in [5.41, 5.74) is 2.26. The van der Waals surface area contributed by atoms with Gasteiger partial charge in [0.05, 0.1) is 18.8 Å². The minimum absolute atomic E-state index is 0.0946. The SMILES string of the molecule is O=C(O)c1ccc(CNC(=O)N2CCC(COCc3ccccc3)C2)cc1. The molecule has 2 N–H and O–H groups in total. The van der Waals surface area contributed by atoms with Crippen LogP contribution in [0.25, 0.3) is 0 Å². The molecule has 0 aromatic heterocycles. The number of hydrogen-bond donors (Lipinski definition) is 2. The second-order valence-corrected chi connectivity index (χ2v) is 6.76. The minimum Gasteiger partial charge on any atom is -0.478 e.